The van der Waals surface area contributed by atoms with Crippen LogP contribution in [0.3, 0.4) is 0 Å². The average molecular weight is 522 g/mol. The second-order valence-corrected chi connectivity index (χ2v) is 10.2. The minimum Gasteiger partial charge on any atom is -0.493 e. The largest absolute Gasteiger partial charge is 0.493 e. The number of sulfonamides is 1. The zero-order chi connectivity index (χ0) is 23.3. The van der Waals surface area contributed by atoms with Crippen molar-refractivity contribution in [3.63, 3.8) is 0 Å². The van der Waals surface area contributed by atoms with Gasteiger partial charge < -0.3 is 14.6 Å². The molecular weight excluding hydrogens is 498 g/mol. The first kappa shape index (κ1) is 23.8. The minimum atomic E-state index is -3.84. The van der Waals surface area contributed by atoms with E-state index in [-0.39, 0.29) is 16.6 Å². The Morgan fingerprint density at radius 3 is 2.50 bits per heavy atom. The van der Waals surface area contributed by atoms with Crippen LogP contribution < -0.4 is 14.8 Å². The molecule has 3 rings (SSSR count). The fraction of sp³-hybridized carbons (Fsp3) is 0.273. The lowest BCUT2D eigenvalue weighted by Gasteiger charge is -2.13. The molecule has 170 valence electrons. The zero-order valence-corrected chi connectivity index (χ0v) is 20.3. The lowest BCUT2D eigenvalue weighted by molar-refractivity contribution is 0.102. The highest BCUT2D eigenvalue weighted by Crippen LogP contribution is 2.25. The van der Waals surface area contributed by atoms with Crippen LogP contribution in [-0.4, -0.2) is 26.1 Å². The molecule has 1 aromatic heterocycles. The van der Waals surface area contributed by atoms with Crippen LogP contribution in [0.15, 0.2) is 62.4 Å². The van der Waals surface area contributed by atoms with Crippen molar-refractivity contribution in [2.75, 3.05) is 16.6 Å². The van der Waals surface area contributed by atoms with Crippen molar-refractivity contribution >= 4 is 43.4 Å². The highest BCUT2D eigenvalue weighted by molar-refractivity contribution is 9.10. The number of anilines is 2. The van der Waals surface area contributed by atoms with E-state index in [1.807, 2.05) is 6.07 Å². The van der Waals surface area contributed by atoms with Crippen LogP contribution in [0.5, 0.6) is 5.75 Å². The van der Waals surface area contributed by atoms with E-state index in [1.54, 1.807) is 19.1 Å². The fourth-order valence-electron chi connectivity index (χ4n) is 2.74. The second-order valence-electron chi connectivity index (χ2n) is 7.58. The Labute approximate surface area is 195 Å². The third-order valence-electron chi connectivity index (χ3n) is 4.43. The number of nitrogens with zero attached hydrogens (tertiary/aromatic N) is 1. The number of amides is 1. The standard InChI is InChI=1S/C22H24BrN3O5S/c1-14(2)10-11-30-20-9-4-16(23)13-19(20)22(27)24-17-5-7-18(8-6-17)32(28,29)26-21-12-15(3)31-25-21/h4-9,12-14H,10-11H2,1-3H3,(H,24,27)(H,25,26). The van der Waals surface area contributed by atoms with Crippen LogP contribution in [0.4, 0.5) is 11.5 Å². The molecule has 0 aliphatic heterocycles. The molecule has 2 aromatic carbocycles. The molecule has 0 atom stereocenters. The number of aromatic nitrogens is 1. The number of halogens is 1. The molecule has 8 nitrogen and oxygen atoms in total. The van der Waals surface area contributed by atoms with Crippen molar-refractivity contribution < 1.29 is 22.5 Å². The van der Waals surface area contributed by atoms with Gasteiger partial charge in [-0.1, -0.05) is 34.9 Å². The summed E-state index contributed by atoms with van der Waals surface area (Å²) in [6.07, 6.45) is 0.870. The molecule has 32 heavy (non-hydrogen) atoms. The fourth-order valence-corrected chi connectivity index (χ4v) is 4.08. The van der Waals surface area contributed by atoms with E-state index in [2.05, 4.69) is 45.0 Å². The highest BCUT2D eigenvalue weighted by atomic mass is 79.9. The number of carbonyl (C=O) groups is 1. The van der Waals surface area contributed by atoms with E-state index in [0.29, 0.717) is 35.3 Å². The molecule has 0 aliphatic rings. The summed E-state index contributed by atoms with van der Waals surface area (Å²) in [5, 5.41) is 6.40. The number of ether oxygens (including phenoxy) is 1. The normalized spacial score (nSPS) is 11.4. The minimum absolute atomic E-state index is 0.0244. The van der Waals surface area contributed by atoms with Gasteiger partial charge in [-0.05, 0) is 61.7 Å². The summed E-state index contributed by atoms with van der Waals surface area (Å²) in [6, 6.07) is 12.5. The summed E-state index contributed by atoms with van der Waals surface area (Å²) in [6.45, 7) is 6.37. The van der Waals surface area contributed by atoms with Gasteiger partial charge in [-0.2, -0.15) is 0 Å². The lowest BCUT2D eigenvalue weighted by Crippen LogP contribution is -2.15. The topological polar surface area (TPSA) is 111 Å². The number of aryl methyl sites for hydroxylation is 1. The van der Waals surface area contributed by atoms with E-state index >= 15 is 0 Å². The summed E-state index contributed by atoms with van der Waals surface area (Å²) in [4.78, 5) is 12.9. The Hall–Kier alpha value is -2.85. The van der Waals surface area contributed by atoms with E-state index in [4.69, 9.17) is 9.26 Å². The van der Waals surface area contributed by atoms with Gasteiger partial charge in [0.2, 0.25) is 0 Å². The first-order valence-corrected chi connectivity index (χ1v) is 12.2. The van der Waals surface area contributed by atoms with Crippen LogP contribution >= 0.6 is 15.9 Å². The van der Waals surface area contributed by atoms with Gasteiger partial charge in [0.05, 0.1) is 17.1 Å². The van der Waals surface area contributed by atoms with Crippen LogP contribution in [0.2, 0.25) is 0 Å². The predicted molar refractivity (Wildman–Crippen MR) is 126 cm³/mol. The number of carbonyl (C=O) groups excluding carboxylic acids is 1. The smallest absolute Gasteiger partial charge is 0.263 e. The number of hydrogen-bond donors (Lipinski definition) is 2. The maximum absolute atomic E-state index is 12.8. The van der Waals surface area contributed by atoms with Gasteiger partial charge in [0.1, 0.15) is 11.5 Å². The Morgan fingerprint density at radius 1 is 1.16 bits per heavy atom. The first-order chi connectivity index (χ1) is 15.1. The van der Waals surface area contributed by atoms with Gasteiger partial charge in [0.25, 0.3) is 15.9 Å². The van der Waals surface area contributed by atoms with Gasteiger partial charge in [-0.3, -0.25) is 9.52 Å². The van der Waals surface area contributed by atoms with Crippen molar-refractivity contribution in [3.05, 3.63) is 64.3 Å². The van der Waals surface area contributed by atoms with Crippen molar-refractivity contribution in [2.45, 2.75) is 32.1 Å². The molecule has 0 saturated carbocycles. The number of nitrogens with one attached hydrogen (secondary N) is 2. The van der Waals surface area contributed by atoms with E-state index < -0.39 is 10.0 Å². The van der Waals surface area contributed by atoms with E-state index in [0.717, 1.165) is 10.9 Å². The van der Waals surface area contributed by atoms with Crippen LogP contribution in [0.25, 0.3) is 0 Å². The van der Waals surface area contributed by atoms with Crippen LogP contribution in [-0.2, 0) is 10.0 Å². The van der Waals surface area contributed by atoms with Crippen molar-refractivity contribution in [3.8, 4) is 5.75 Å². The molecular formula is C22H24BrN3O5S. The summed E-state index contributed by atoms with van der Waals surface area (Å²) in [5.41, 5.74) is 0.822. The monoisotopic (exact) mass is 521 g/mol. The second kappa shape index (κ2) is 10.2. The molecule has 0 unspecified atom stereocenters. The molecule has 0 bridgehead atoms. The van der Waals surface area contributed by atoms with Gasteiger partial charge in [0.15, 0.2) is 5.82 Å². The molecule has 0 radical (unpaired) electrons. The highest BCUT2D eigenvalue weighted by Gasteiger charge is 2.18. The quantitative estimate of drug-likeness (QED) is 0.399. The SMILES string of the molecule is Cc1cc(NS(=O)(=O)c2ccc(NC(=O)c3cc(Br)ccc3OCCC(C)C)cc2)no1. The lowest BCUT2D eigenvalue weighted by atomic mass is 10.1. The maximum atomic E-state index is 12.8. The number of benzene rings is 2. The molecule has 1 heterocycles. The molecule has 3 aromatic rings. The van der Waals surface area contributed by atoms with Gasteiger partial charge >= 0.3 is 0 Å². The third kappa shape index (κ3) is 6.33. The molecule has 10 heteroatoms. The summed E-state index contributed by atoms with van der Waals surface area (Å²) >= 11 is 3.38. The number of rotatable bonds is 9. The first-order valence-electron chi connectivity index (χ1n) is 9.94. The van der Waals surface area contributed by atoms with Crippen LogP contribution in [0.1, 0.15) is 36.4 Å². The Morgan fingerprint density at radius 2 is 1.88 bits per heavy atom. The third-order valence-corrected chi connectivity index (χ3v) is 6.29. The van der Waals surface area contributed by atoms with E-state index in [9.17, 15) is 13.2 Å². The molecule has 1 amide bonds. The van der Waals surface area contributed by atoms with Gasteiger partial charge in [0, 0.05) is 16.2 Å². The van der Waals surface area contributed by atoms with Gasteiger partial charge in [-0.25, -0.2) is 8.42 Å². The maximum Gasteiger partial charge on any atom is 0.263 e. The van der Waals surface area contributed by atoms with Crippen molar-refractivity contribution in [2.24, 2.45) is 5.92 Å². The van der Waals surface area contributed by atoms with Gasteiger partial charge in [-0.15, -0.1) is 0 Å². The molecule has 0 fully saturated rings. The van der Waals surface area contributed by atoms with E-state index in [1.165, 1.54) is 30.3 Å². The molecule has 0 aliphatic carbocycles. The zero-order valence-electron chi connectivity index (χ0n) is 17.9. The summed E-state index contributed by atoms with van der Waals surface area (Å²) in [7, 11) is -3.84. The molecule has 2 N–H and O–H groups in total. The van der Waals surface area contributed by atoms with Crippen LogP contribution in [0, 0.1) is 12.8 Å². The van der Waals surface area contributed by atoms with Crippen molar-refractivity contribution in [1.82, 2.24) is 5.16 Å². The summed E-state index contributed by atoms with van der Waals surface area (Å²) < 4.78 is 38.7. The van der Waals surface area contributed by atoms with Crippen molar-refractivity contribution in [1.29, 1.82) is 0 Å². The number of hydrogen-bond acceptors (Lipinski definition) is 6. The average Bonchev–Trinajstić information content (AvgIpc) is 3.13. The Balaban J connectivity index is 1.71. The summed E-state index contributed by atoms with van der Waals surface area (Å²) in [5.74, 6) is 1.19. The molecule has 0 spiro atoms. The Kier molecular flexibility index (Phi) is 7.57. The Bertz CT molecular complexity index is 1190. The predicted octanol–water partition coefficient (Wildman–Crippen LogP) is 5.22. The molecule has 0 saturated heterocycles.